The number of hydrogen-bond acceptors (Lipinski definition) is 4. The number of rotatable bonds is 5. The minimum Gasteiger partial charge on any atom is -0.497 e. The Morgan fingerprint density at radius 3 is 2.95 bits per heavy atom. The summed E-state index contributed by atoms with van der Waals surface area (Å²) in [5, 5.41) is 7.43. The predicted molar refractivity (Wildman–Crippen MR) is 74.2 cm³/mol. The van der Waals surface area contributed by atoms with E-state index in [4.69, 9.17) is 4.74 Å². The smallest absolute Gasteiger partial charge is 0.315 e. The summed E-state index contributed by atoms with van der Waals surface area (Å²) in [6.45, 7) is 0.896. The topological polar surface area (TPSA) is 63.2 Å². The average molecular weight is 277 g/mol. The molecule has 1 heterocycles. The molecule has 6 heteroatoms. The van der Waals surface area contributed by atoms with Crippen molar-refractivity contribution in [3.8, 4) is 5.75 Å². The van der Waals surface area contributed by atoms with Crippen molar-refractivity contribution >= 4 is 17.4 Å². The number of carbonyl (C=O) groups excluding carboxylic acids is 1. The van der Waals surface area contributed by atoms with Crippen LogP contribution in [0.4, 0.5) is 4.79 Å². The number of nitrogens with zero attached hydrogens (tertiary/aromatic N) is 1. The average Bonchev–Trinajstić information content (AvgIpc) is 2.96. The maximum absolute atomic E-state index is 11.6. The van der Waals surface area contributed by atoms with Gasteiger partial charge in [0.2, 0.25) is 0 Å². The van der Waals surface area contributed by atoms with Gasteiger partial charge in [-0.05, 0) is 17.7 Å². The number of benzene rings is 1. The summed E-state index contributed by atoms with van der Waals surface area (Å²) in [5.41, 5.74) is 3.59. The van der Waals surface area contributed by atoms with Gasteiger partial charge in [0, 0.05) is 11.9 Å². The summed E-state index contributed by atoms with van der Waals surface area (Å²) >= 11 is 1.51. The van der Waals surface area contributed by atoms with Crippen LogP contribution in [0.1, 0.15) is 11.3 Å². The standard InChI is InChI=1S/C13H15N3O2S/c1-18-12-4-2-3-10(5-12)6-14-13(17)15-7-11-8-19-9-16-11/h2-5,8-9H,6-7H2,1H3,(H2,14,15,17). The molecular formula is C13H15N3O2S. The van der Waals surface area contributed by atoms with Crippen LogP contribution in [0.15, 0.2) is 35.2 Å². The molecule has 19 heavy (non-hydrogen) atoms. The van der Waals surface area contributed by atoms with E-state index in [0.717, 1.165) is 17.0 Å². The summed E-state index contributed by atoms with van der Waals surface area (Å²) in [7, 11) is 1.62. The fourth-order valence-corrected chi connectivity index (χ4v) is 2.08. The summed E-state index contributed by atoms with van der Waals surface area (Å²) in [4.78, 5) is 15.7. The van der Waals surface area contributed by atoms with Crippen LogP contribution in [0, 0.1) is 0 Å². The number of aromatic nitrogens is 1. The lowest BCUT2D eigenvalue weighted by molar-refractivity contribution is 0.240. The van der Waals surface area contributed by atoms with Gasteiger partial charge in [-0.15, -0.1) is 11.3 Å². The zero-order valence-corrected chi connectivity index (χ0v) is 11.4. The van der Waals surface area contributed by atoms with E-state index < -0.39 is 0 Å². The van der Waals surface area contributed by atoms with Crippen molar-refractivity contribution in [1.29, 1.82) is 0 Å². The number of amides is 2. The number of methoxy groups -OCH3 is 1. The third-order valence-electron chi connectivity index (χ3n) is 2.50. The van der Waals surface area contributed by atoms with Crippen molar-refractivity contribution < 1.29 is 9.53 Å². The zero-order valence-electron chi connectivity index (χ0n) is 10.6. The molecule has 100 valence electrons. The molecule has 2 aromatic rings. The van der Waals surface area contributed by atoms with Crippen molar-refractivity contribution in [2.24, 2.45) is 0 Å². The Morgan fingerprint density at radius 1 is 1.37 bits per heavy atom. The zero-order chi connectivity index (χ0) is 13.5. The predicted octanol–water partition coefficient (Wildman–Crippen LogP) is 2.15. The molecule has 0 saturated heterocycles. The van der Waals surface area contributed by atoms with E-state index in [1.54, 1.807) is 12.6 Å². The fourth-order valence-electron chi connectivity index (χ4n) is 1.52. The SMILES string of the molecule is COc1cccc(CNC(=O)NCc2cscn2)c1. The first-order chi connectivity index (χ1) is 9.28. The summed E-state index contributed by atoms with van der Waals surface area (Å²) in [5.74, 6) is 0.780. The summed E-state index contributed by atoms with van der Waals surface area (Å²) in [6, 6.07) is 7.37. The molecule has 0 aliphatic carbocycles. The normalized spacial score (nSPS) is 9.95. The highest BCUT2D eigenvalue weighted by Gasteiger charge is 2.02. The molecule has 0 bridgehead atoms. The first-order valence-electron chi connectivity index (χ1n) is 5.79. The molecule has 1 aromatic heterocycles. The number of nitrogens with one attached hydrogen (secondary N) is 2. The van der Waals surface area contributed by atoms with Crippen LogP contribution >= 0.6 is 11.3 Å². The molecule has 0 fully saturated rings. The molecule has 0 atom stereocenters. The van der Waals surface area contributed by atoms with Crippen LogP contribution in [0.5, 0.6) is 5.75 Å². The number of ether oxygens (including phenoxy) is 1. The third-order valence-corrected chi connectivity index (χ3v) is 3.14. The molecular weight excluding hydrogens is 262 g/mol. The molecule has 0 saturated carbocycles. The van der Waals surface area contributed by atoms with Gasteiger partial charge >= 0.3 is 6.03 Å². The number of hydrogen-bond donors (Lipinski definition) is 2. The van der Waals surface area contributed by atoms with Gasteiger partial charge in [0.15, 0.2) is 0 Å². The van der Waals surface area contributed by atoms with Crippen molar-refractivity contribution in [3.05, 3.63) is 46.4 Å². The Labute approximate surface area is 115 Å². The van der Waals surface area contributed by atoms with Gasteiger partial charge < -0.3 is 15.4 Å². The van der Waals surface area contributed by atoms with E-state index in [1.165, 1.54) is 11.3 Å². The van der Waals surface area contributed by atoms with Gasteiger partial charge in [0.25, 0.3) is 0 Å². The molecule has 1 aromatic carbocycles. The Kier molecular flexibility index (Phi) is 4.74. The minimum absolute atomic E-state index is 0.212. The number of thiazole rings is 1. The van der Waals surface area contributed by atoms with Gasteiger partial charge in [0.05, 0.1) is 24.9 Å². The van der Waals surface area contributed by atoms with E-state index in [9.17, 15) is 4.79 Å². The van der Waals surface area contributed by atoms with Crippen molar-refractivity contribution in [3.63, 3.8) is 0 Å². The summed E-state index contributed by atoms with van der Waals surface area (Å²) in [6.07, 6.45) is 0. The third kappa shape index (κ3) is 4.26. The van der Waals surface area contributed by atoms with E-state index in [2.05, 4.69) is 15.6 Å². The molecule has 0 spiro atoms. The van der Waals surface area contributed by atoms with E-state index >= 15 is 0 Å². The van der Waals surface area contributed by atoms with Gasteiger partial charge in [0.1, 0.15) is 5.75 Å². The molecule has 2 amide bonds. The highest BCUT2D eigenvalue weighted by Crippen LogP contribution is 2.11. The second-order valence-corrected chi connectivity index (χ2v) is 4.59. The number of carbonyl (C=O) groups is 1. The second kappa shape index (κ2) is 6.75. The van der Waals surface area contributed by atoms with E-state index in [-0.39, 0.29) is 6.03 Å². The van der Waals surface area contributed by atoms with Crippen LogP contribution in [0.25, 0.3) is 0 Å². The van der Waals surface area contributed by atoms with Gasteiger partial charge in [-0.2, -0.15) is 0 Å². The monoisotopic (exact) mass is 277 g/mol. The highest BCUT2D eigenvalue weighted by atomic mass is 32.1. The molecule has 0 radical (unpaired) electrons. The Balaban J connectivity index is 1.76. The Hall–Kier alpha value is -2.08. The van der Waals surface area contributed by atoms with Crippen LogP contribution in [-0.4, -0.2) is 18.1 Å². The Morgan fingerprint density at radius 2 is 2.21 bits per heavy atom. The molecule has 0 unspecified atom stereocenters. The second-order valence-electron chi connectivity index (χ2n) is 3.87. The van der Waals surface area contributed by atoms with Crippen LogP contribution in [0.2, 0.25) is 0 Å². The van der Waals surface area contributed by atoms with Crippen LogP contribution < -0.4 is 15.4 Å². The lowest BCUT2D eigenvalue weighted by Gasteiger charge is -2.07. The molecule has 0 aliphatic rings. The largest absolute Gasteiger partial charge is 0.497 e. The lowest BCUT2D eigenvalue weighted by Crippen LogP contribution is -2.34. The molecule has 2 rings (SSSR count). The maximum Gasteiger partial charge on any atom is 0.315 e. The molecule has 5 nitrogen and oxygen atoms in total. The van der Waals surface area contributed by atoms with Gasteiger partial charge in [-0.25, -0.2) is 9.78 Å². The van der Waals surface area contributed by atoms with E-state index in [0.29, 0.717) is 13.1 Å². The van der Waals surface area contributed by atoms with Gasteiger partial charge in [-0.3, -0.25) is 0 Å². The minimum atomic E-state index is -0.212. The quantitative estimate of drug-likeness (QED) is 0.880. The summed E-state index contributed by atoms with van der Waals surface area (Å²) < 4.78 is 5.12. The Bertz CT molecular complexity index is 528. The highest BCUT2D eigenvalue weighted by molar-refractivity contribution is 7.07. The number of urea groups is 1. The molecule has 0 aliphatic heterocycles. The van der Waals surface area contributed by atoms with Crippen LogP contribution in [-0.2, 0) is 13.1 Å². The van der Waals surface area contributed by atoms with Crippen molar-refractivity contribution in [1.82, 2.24) is 15.6 Å². The van der Waals surface area contributed by atoms with Crippen LogP contribution in [0.3, 0.4) is 0 Å². The van der Waals surface area contributed by atoms with Crippen molar-refractivity contribution in [2.75, 3.05) is 7.11 Å². The van der Waals surface area contributed by atoms with Gasteiger partial charge in [-0.1, -0.05) is 12.1 Å². The molecule has 2 N–H and O–H groups in total. The lowest BCUT2D eigenvalue weighted by atomic mass is 10.2. The first kappa shape index (κ1) is 13.4. The maximum atomic E-state index is 11.6. The first-order valence-corrected chi connectivity index (χ1v) is 6.74. The fraction of sp³-hybridized carbons (Fsp3) is 0.231. The van der Waals surface area contributed by atoms with Crippen molar-refractivity contribution in [2.45, 2.75) is 13.1 Å². The van der Waals surface area contributed by atoms with E-state index in [1.807, 2.05) is 29.6 Å².